The van der Waals surface area contributed by atoms with Crippen molar-refractivity contribution in [2.75, 3.05) is 13.2 Å². The van der Waals surface area contributed by atoms with Gasteiger partial charge in [-0.1, -0.05) is 17.1 Å². The Morgan fingerprint density at radius 1 is 1.31 bits per heavy atom. The van der Waals surface area contributed by atoms with E-state index in [2.05, 4.69) is 16.7 Å². The smallest absolute Gasteiger partial charge is 0.434 e. The van der Waals surface area contributed by atoms with Crippen LogP contribution in [0.4, 0.5) is 11.6 Å². The summed E-state index contributed by atoms with van der Waals surface area (Å²) in [4.78, 5) is 38.6. The number of ether oxygens (including phenoxy) is 1. The Hall–Kier alpha value is -4.22. The Bertz CT molecular complexity index is 1240. The molecular weight excluding hydrogens is 490 g/mol. The number of nitrogens with zero attached hydrogens (tertiary/aromatic N) is 6. The summed E-state index contributed by atoms with van der Waals surface area (Å²) in [6, 6.07) is 3.48. The van der Waals surface area contributed by atoms with E-state index in [9.17, 15) is 33.4 Å². The number of rotatable bonds is 13. The van der Waals surface area contributed by atoms with Crippen molar-refractivity contribution in [2.45, 2.75) is 24.4 Å². The van der Waals surface area contributed by atoms with Crippen molar-refractivity contribution in [2.24, 2.45) is 10.8 Å². The standard InChI is InChI=1S/C18H21N7O9S/c1-13(26)33-11-15(12-34-35(31,32)17-6-4-3-5-16(17)24(27)28)23(19)10-14(20-2)9-22-8-7-21-18(22)25(29)30/h3-8,10,15H,2,9,11-12,19H2,1H3/b14-10-. The fourth-order valence-corrected chi connectivity index (χ4v) is 3.77. The molecule has 0 bridgehead atoms. The van der Waals surface area contributed by atoms with E-state index in [1.807, 2.05) is 0 Å². The summed E-state index contributed by atoms with van der Waals surface area (Å²) in [6.45, 7) is 3.23. The van der Waals surface area contributed by atoms with Gasteiger partial charge in [-0.2, -0.15) is 8.42 Å². The van der Waals surface area contributed by atoms with Gasteiger partial charge in [-0.05, 0) is 17.7 Å². The monoisotopic (exact) mass is 511 g/mol. The maximum absolute atomic E-state index is 12.6. The van der Waals surface area contributed by atoms with Gasteiger partial charge < -0.3 is 19.9 Å². The topological polar surface area (TPSA) is 215 Å². The fourth-order valence-electron chi connectivity index (χ4n) is 2.67. The first-order chi connectivity index (χ1) is 16.5. The third kappa shape index (κ3) is 7.39. The lowest BCUT2D eigenvalue weighted by Crippen LogP contribution is -2.44. The molecule has 0 amide bonds. The summed E-state index contributed by atoms with van der Waals surface area (Å²) in [5.74, 6) is 4.84. The van der Waals surface area contributed by atoms with E-state index < -0.39 is 61.7 Å². The molecule has 0 saturated heterocycles. The molecule has 0 saturated carbocycles. The van der Waals surface area contributed by atoms with Crippen molar-refractivity contribution < 1.29 is 32.0 Å². The number of nitro benzene ring substituents is 1. The summed E-state index contributed by atoms with van der Waals surface area (Å²) >= 11 is 0. The van der Waals surface area contributed by atoms with Crippen molar-refractivity contribution in [1.29, 1.82) is 0 Å². The van der Waals surface area contributed by atoms with Crippen LogP contribution in [0.15, 0.2) is 58.4 Å². The third-order valence-corrected chi connectivity index (χ3v) is 5.67. The zero-order valence-corrected chi connectivity index (χ0v) is 19.1. The average Bonchev–Trinajstić information content (AvgIpc) is 3.26. The number of aliphatic imine (C=N–C) groups is 1. The normalized spacial score (nSPS) is 12.6. The molecule has 188 valence electrons. The molecule has 2 rings (SSSR count). The van der Waals surface area contributed by atoms with Gasteiger partial charge in [0, 0.05) is 19.2 Å². The minimum atomic E-state index is -4.60. The molecule has 0 aliphatic rings. The van der Waals surface area contributed by atoms with E-state index in [0.717, 1.165) is 28.6 Å². The van der Waals surface area contributed by atoms with Gasteiger partial charge in [-0.3, -0.25) is 24.1 Å². The maximum Gasteiger partial charge on any atom is 0.434 e. The van der Waals surface area contributed by atoms with Gasteiger partial charge in [0.25, 0.3) is 5.69 Å². The molecule has 1 atom stereocenters. The van der Waals surface area contributed by atoms with Gasteiger partial charge in [0.2, 0.25) is 0 Å². The number of esters is 1. The Morgan fingerprint density at radius 3 is 2.60 bits per heavy atom. The zero-order valence-electron chi connectivity index (χ0n) is 18.3. The Labute approximate surface area is 198 Å². The van der Waals surface area contributed by atoms with Crippen LogP contribution in [0.3, 0.4) is 0 Å². The fraction of sp³-hybridized carbons (Fsp3) is 0.278. The number of para-hydroxylation sites is 1. The first-order valence-corrected chi connectivity index (χ1v) is 11.0. The van der Waals surface area contributed by atoms with Crippen LogP contribution in [0.5, 0.6) is 0 Å². The number of carbonyl (C=O) groups excluding carboxylic acids is 1. The molecule has 0 fully saturated rings. The number of nitro groups is 2. The largest absolute Gasteiger partial charge is 0.464 e. The lowest BCUT2D eigenvalue weighted by molar-refractivity contribution is -0.396. The van der Waals surface area contributed by atoms with Crippen LogP contribution < -0.4 is 5.84 Å². The molecular formula is C18H21N7O9S. The van der Waals surface area contributed by atoms with Gasteiger partial charge in [-0.15, -0.1) is 0 Å². The number of nitrogens with two attached hydrogens (primary N) is 1. The molecule has 1 unspecified atom stereocenters. The van der Waals surface area contributed by atoms with Crippen LogP contribution >= 0.6 is 0 Å². The summed E-state index contributed by atoms with van der Waals surface area (Å²) in [5.41, 5.74) is -0.573. The second-order valence-corrected chi connectivity index (χ2v) is 8.34. The maximum atomic E-state index is 12.6. The van der Waals surface area contributed by atoms with Crippen molar-refractivity contribution in [3.63, 3.8) is 0 Å². The van der Waals surface area contributed by atoms with E-state index >= 15 is 0 Å². The summed E-state index contributed by atoms with van der Waals surface area (Å²) in [5, 5.41) is 23.1. The van der Waals surface area contributed by atoms with Gasteiger partial charge in [-0.25, -0.2) is 10.4 Å². The predicted molar refractivity (Wildman–Crippen MR) is 119 cm³/mol. The molecule has 17 heteroatoms. The van der Waals surface area contributed by atoms with E-state index in [-0.39, 0.29) is 12.2 Å². The number of allylic oxidation sites excluding steroid dienone is 1. The Balaban J connectivity index is 2.26. The minimum Gasteiger partial charge on any atom is -0.464 e. The lowest BCUT2D eigenvalue weighted by Gasteiger charge is -2.25. The molecule has 16 nitrogen and oxygen atoms in total. The van der Waals surface area contributed by atoms with Crippen molar-refractivity contribution in [3.8, 4) is 0 Å². The molecule has 35 heavy (non-hydrogen) atoms. The number of hydrazine groups is 1. The number of hydrogen-bond donors (Lipinski definition) is 1. The quantitative estimate of drug-likeness (QED) is 0.0984. The highest BCUT2D eigenvalue weighted by Crippen LogP contribution is 2.25. The van der Waals surface area contributed by atoms with Gasteiger partial charge >= 0.3 is 22.0 Å². The lowest BCUT2D eigenvalue weighted by atomic mass is 10.3. The first kappa shape index (κ1) is 27.0. The number of benzene rings is 1. The molecule has 2 N–H and O–H groups in total. The highest BCUT2D eigenvalue weighted by Gasteiger charge is 2.28. The minimum absolute atomic E-state index is 0.114. The van der Waals surface area contributed by atoms with Gasteiger partial charge in [0.05, 0.1) is 17.2 Å². The SMILES string of the molecule is C=N/C(=C\N(N)C(COC(C)=O)COS(=O)(=O)c1ccccc1[N+](=O)[O-])Cn1ccnc1[N+](=O)[O-]. The Morgan fingerprint density at radius 2 is 2.00 bits per heavy atom. The second kappa shape index (κ2) is 11.8. The Kier molecular flexibility index (Phi) is 9.09. The molecule has 1 aromatic heterocycles. The molecule has 0 spiro atoms. The second-order valence-electron chi connectivity index (χ2n) is 6.76. The van der Waals surface area contributed by atoms with Gasteiger partial charge in [0.15, 0.2) is 4.90 Å². The average molecular weight is 511 g/mol. The first-order valence-electron chi connectivity index (χ1n) is 9.58. The highest BCUT2D eigenvalue weighted by atomic mass is 32.2. The molecule has 0 aliphatic heterocycles. The van der Waals surface area contributed by atoms with Crippen LogP contribution in [0, 0.1) is 20.2 Å². The van der Waals surface area contributed by atoms with Crippen LogP contribution in [0.25, 0.3) is 0 Å². The van der Waals surface area contributed by atoms with E-state index in [4.69, 9.17) is 14.8 Å². The zero-order chi connectivity index (χ0) is 26.2. The van der Waals surface area contributed by atoms with E-state index in [1.165, 1.54) is 30.7 Å². The van der Waals surface area contributed by atoms with Crippen LogP contribution in [-0.2, 0) is 30.4 Å². The predicted octanol–water partition coefficient (Wildman–Crippen LogP) is 0.754. The van der Waals surface area contributed by atoms with Crippen molar-refractivity contribution >= 4 is 34.4 Å². The molecule has 0 aliphatic carbocycles. The van der Waals surface area contributed by atoms with Crippen LogP contribution in [-0.4, -0.2) is 64.8 Å². The van der Waals surface area contributed by atoms with Crippen molar-refractivity contribution in [1.82, 2.24) is 14.6 Å². The van der Waals surface area contributed by atoms with Crippen molar-refractivity contribution in [3.05, 3.63) is 68.8 Å². The number of imidazole rings is 1. The number of hydrogen-bond acceptors (Lipinski definition) is 13. The van der Waals surface area contributed by atoms with Crippen LogP contribution in [0.2, 0.25) is 0 Å². The third-order valence-electron chi connectivity index (χ3n) is 4.34. The van der Waals surface area contributed by atoms with Crippen LogP contribution in [0.1, 0.15) is 6.92 Å². The molecule has 0 radical (unpaired) electrons. The summed E-state index contributed by atoms with van der Waals surface area (Å²) < 4.78 is 36.2. The number of carbonyl (C=O) groups is 1. The van der Waals surface area contributed by atoms with E-state index in [0.29, 0.717) is 0 Å². The van der Waals surface area contributed by atoms with E-state index in [1.54, 1.807) is 0 Å². The number of aromatic nitrogens is 2. The summed E-state index contributed by atoms with van der Waals surface area (Å²) in [7, 11) is -4.60. The van der Waals surface area contributed by atoms with Gasteiger partial charge in [0.1, 0.15) is 31.6 Å². The summed E-state index contributed by atoms with van der Waals surface area (Å²) in [6.07, 6.45) is 3.73. The molecule has 1 heterocycles. The molecule has 2 aromatic rings. The highest BCUT2D eigenvalue weighted by molar-refractivity contribution is 7.87. The molecule has 1 aromatic carbocycles.